The van der Waals surface area contributed by atoms with Gasteiger partial charge in [-0.2, -0.15) is 26.6 Å². The Morgan fingerprint density at radius 3 is 2.78 bits per heavy atom. The molecule has 146 valence electrons. The van der Waals surface area contributed by atoms with E-state index in [1.165, 1.54) is 6.92 Å². The van der Waals surface area contributed by atoms with Crippen molar-refractivity contribution in [1.29, 1.82) is 0 Å². The first-order valence-corrected chi connectivity index (χ1v) is 9.79. The van der Waals surface area contributed by atoms with Gasteiger partial charge in [-0.15, -0.1) is 11.3 Å². The summed E-state index contributed by atoms with van der Waals surface area (Å²) in [5, 5.41) is 0.111. The maximum atomic E-state index is 12.6. The molecule has 2 aromatic rings. The van der Waals surface area contributed by atoms with Crippen LogP contribution < -0.4 is 8.92 Å². The molecule has 27 heavy (non-hydrogen) atoms. The quantitative estimate of drug-likeness (QED) is 0.414. The minimum absolute atomic E-state index is 0.0618. The van der Waals surface area contributed by atoms with Crippen LogP contribution in [0.15, 0.2) is 18.2 Å². The number of hydrogen-bond donors (Lipinski definition) is 0. The minimum Gasteiger partial charge on any atom is -0.493 e. The predicted molar refractivity (Wildman–Crippen MR) is 88.3 cm³/mol. The molecule has 0 radical (unpaired) electrons. The van der Waals surface area contributed by atoms with Crippen molar-refractivity contribution >= 4 is 27.4 Å². The van der Waals surface area contributed by atoms with E-state index in [0.29, 0.717) is 35.7 Å². The first kappa shape index (κ1) is 19.4. The fourth-order valence-electron chi connectivity index (χ4n) is 2.28. The van der Waals surface area contributed by atoms with Gasteiger partial charge in [-0.25, -0.2) is 4.79 Å². The van der Waals surface area contributed by atoms with Crippen molar-refractivity contribution in [2.75, 3.05) is 13.2 Å². The van der Waals surface area contributed by atoms with Gasteiger partial charge in [-0.1, -0.05) is 0 Å². The molecule has 0 amide bonds. The van der Waals surface area contributed by atoms with Crippen molar-refractivity contribution in [2.45, 2.75) is 18.9 Å². The van der Waals surface area contributed by atoms with E-state index in [4.69, 9.17) is 9.47 Å². The van der Waals surface area contributed by atoms with Crippen LogP contribution in [0, 0.1) is 0 Å². The number of thiazole rings is 1. The van der Waals surface area contributed by atoms with Crippen molar-refractivity contribution in [3.05, 3.63) is 28.6 Å². The summed E-state index contributed by atoms with van der Waals surface area (Å²) in [5.41, 5.74) is -4.31. The smallest absolute Gasteiger partial charge is 0.493 e. The van der Waals surface area contributed by atoms with Gasteiger partial charge in [-0.3, -0.25) is 0 Å². The number of carbonyl (C=O) groups is 1. The summed E-state index contributed by atoms with van der Waals surface area (Å²) < 4.78 is 74.6. The van der Waals surface area contributed by atoms with Crippen LogP contribution in [0.4, 0.5) is 13.2 Å². The van der Waals surface area contributed by atoms with E-state index >= 15 is 0 Å². The first-order valence-electron chi connectivity index (χ1n) is 7.57. The van der Waals surface area contributed by atoms with Gasteiger partial charge in [0.05, 0.1) is 13.2 Å². The molecule has 3 rings (SSSR count). The Labute approximate surface area is 155 Å². The largest absolute Gasteiger partial charge is 0.534 e. The van der Waals surface area contributed by atoms with Gasteiger partial charge >= 0.3 is 21.6 Å². The van der Waals surface area contributed by atoms with E-state index in [2.05, 4.69) is 9.17 Å². The van der Waals surface area contributed by atoms with Crippen LogP contribution in [0.25, 0.3) is 10.6 Å². The highest BCUT2D eigenvalue weighted by Crippen LogP contribution is 2.38. The monoisotopic (exact) mass is 423 g/mol. The predicted octanol–water partition coefficient (Wildman–Crippen LogP) is 3.15. The Kier molecular flexibility index (Phi) is 5.04. The minimum atomic E-state index is -5.98. The van der Waals surface area contributed by atoms with Crippen LogP contribution in [0.2, 0.25) is 0 Å². The van der Waals surface area contributed by atoms with Gasteiger partial charge in [0.15, 0.2) is 4.88 Å². The number of hydrogen-bond acceptors (Lipinski definition) is 8. The summed E-state index contributed by atoms with van der Waals surface area (Å²) in [7, 11) is -5.98. The Morgan fingerprint density at radius 1 is 1.37 bits per heavy atom. The van der Waals surface area contributed by atoms with Gasteiger partial charge < -0.3 is 13.7 Å². The van der Waals surface area contributed by atoms with Crippen molar-refractivity contribution in [3.8, 4) is 22.2 Å². The molecule has 1 aliphatic rings. The summed E-state index contributed by atoms with van der Waals surface area (Å²) in [6, 6.07) is 4.97. The lowest BCUT2D eigenvalue weighted by molar-refractivity contribution is -0.0501. The molecule has 1 aliphatic heterocycles. The Hall–Kier alpha value is -2.34. The Morgan fingerprint density at radius 2 is 2.11 bits per heavy atom. The van der Waals surface area contributed by atoms with Crippen LogP contribution in [-0.4, -0.2) is 38.1 Å². The van der Waals surface area contributed by atoms with E-state index in [1.54, 1.807) is 18.2 Å². The molecule has 0 N–H and O–H groups in total. The number of esters is 1. The molecule has 0 aliphatic carbocycles. The van der Waals surface area contributed by atoms with E-state index in [0.717, 1.165) is 5.56 Å². The molecule has 0 atom stereocenters. The number of fused-ring (bicyclic) bond motifs is 1. The topological polar surface area (TPSA) is 91.8 Å². The number of rotatable bonds is 5. The second-order valence-corrected chi connectivity index (χ2v) is 7.81. The van der Waals surface area contributed by atoms with E-state index in [-0.39, 0.29) is 11.6 Å². The molecule has 0 fully saturated rings. The number of ether oxygens (including phenoxy) is 2. The molecule has 7 nitrogen and oxygen atoms in total. The van der Waals surface area contributed by atoms with Crippen LogP contribution in [0.5, 0.6) is 11.6 Å². The highest BCUT2D eigenvalue weighted by molar-refractivity contribution is 7.88. The highest BCUT2D eigenvalue weighted by Gasteiger charge is 2.49. The Balaban J connectivity index is 2.03. The summed E-state index contributed by atoms with van der Waals surface area (Å²) in [6.07, 6.45) is 0.644. The second kappa shape index (κ2) is 7.00. The molecule has 2 heterocycles. The molecular formula is C15H12F3NO6S2. The van der Waals surface area contributed by atoms with E-state index < -0.39 is 32.4 Å². The van der Waals surface area contributed by atoms with Crippen LogP contribution >= 0.6 is 11.3 Å². The standard InChI is InChI=1S/C15H12F3NO6S2/c1-2-23-14(20)11-12(25-27(21,22)15(16,17)18)19-13(26-11)9-3-4-10-8(7-9)5-6-24-10/h3-4,7H,2,5-6H2,1H3. The third-order valence-electron chi connectivity index (χ3n) is 3.47. The number of nitrogens with zero attached hydrogens (tertiary/aromatic N) is 1. The maximum absolute atomic E-state index is 12.6. The summed E-state index contributed by atoms with van der Waals surface area (Å²) in [5.74, 6) is -1.32. The summed E-state index contributed by atoms with van der Waals surface area (Å²) >= 11 is 0.674. The molecule has 0 saturated heterocycles. The highest BCUT2D eigenvalue weighted by atomic mass is 32.2. The molecule has 12 heteroatoms. The van der Waals surface area contributed by atoms with E-state index in [9.17, 15) is 26.4 Å². The molecule has 0 spiro atoms. The molecular weight excluding hydrogens is 411 g/mol. The maximum Gasteiger partial charge on any atom is 0.534 e. The van der Waals surface area contributed by atoms with Crippen molar-refractivity contribution in [2.24, 2.45) is 0 Å². The van der Waals surface area contributed by atoms with Crippen molar-refractivity contribution < 1.29 is 40.0 Å². The normalized spacial score (nSPS) is 13.8. The summed E-state index contributed by atoms with van der Waals surface area (Å²) in [6.45, 7) is 1.93. The zero-order valence-corrected chi connectivity index (χ0v) is 15.3. The zero-order valence-electron chi connectivity index (χ0n) is 13.7. The average molecular weight is 423 g/mol. The van der Waals surface area contributed by atoms with Crippen LogP contribution in [0.1, 0.15) is 22.2 Å². The third-order valence-corrected chi connectivity index (χ3v) is 5.48. The zero-order chi connectivity index (χ0) is 19.8. The number of carbonyl (C=O) groups excluding carboxylic acids is 1. The third kappa shape index (κ3) is 3.86. The molecule has 0 unspecified atom stereocenters. The van der Waals surface area contributed by atoms with Crippen molar-refractivity contribution in [1.82, 2.24) is 4.98 Å². The van der Waals surface area contributed by atoms with Gasteiger partial charge in [0, 0.05) is 12.0 Å². The Bertz CT molecular complexity index is 984. The number of benzene rings is 1. The lowest BCUT2D eigenvalue weighted by Gasteiger charge is -2.08. The van der Waals surface area contributed by atoms with Crippen molar-refractivity contribution in [3.63, 3.8) is 0 Å². The molecule has 0 bridgehead atoms. The average Bonchev–Trinajstić information content (AvgIpc) is 3.19. The lowest BCUT2D eigenvalue weighted by atomic mass is 10.1. The van der Waals surface area contributed by atoms with Gasteiger partial charge in [0.25, 0.3) is 5.88 Å². The number of aromatic nitrogens is 1. The fourth-order valence-corrected chi connectivity index (χ4v) is 3.64. The molecule has 1 aromatic heterocycles. The number of alkyl halides is 3. The lowest BCUT2D eigenvalue weighted by Crippen LogP contribution is -2.28. The SMILES string of the molecule is CCOC(=O)c1sc(-c2ccc3c(c2)CCO3)nc1OS(=O)(=O)C(F)(F)F. The van der Waals surface area contributed by atoms with Gasteiger partial charge in [-0.05, 0) is 30.7 Å². The van der Waals surface area contributed by atoms with Crippen LogP contribution in [-0.2, 0) is 21.3 Å². The van der Waals surface area contributed by atoms with Gasteiger partial charge in [0.1, 0.15) is 10.8 Å². The van der Waals surface area contributed by atoms with Crippen LogP contribution in [0.3, 0.4) is 0 Å². The molecule has 1 aromatic carbocycles. The number of halogens is 3. The second-order valence-electron chi connectivity index (χ2n) is 5.28. The molecule has 0 saturated carbocycles. The first-order chi connectivity index (χ1) is 12.6. The van der Waals surface area contributed by atoms with Gasteiger partial charge in [0.2, 0.25) is 0 Å². The fraction of sp³-hybridized carbons (Fsp3) is 0.333. The van der Waals surface area contributed by atoms with E-state index in [1.807, 2.05) is 0 Å². The summed E-state index contributed by atoms with van der Waals surface area (Å²) in [4.78, 5) is 15.3.